The molecule has 0 radical (unpaired) electrons. The van der Waals surface area contributed by atoms with E-state index in [4.69, 9.17) is 19.7 Å². The van der Waals surface area contributed by atoms with Crippen molar-refractivity contribution < 1.29 is 25.8 Å². The fourth-order valence-electron chi connectivity index (χ4n) is 6.62. The second-order valence-electron chi connectivity index (χ2n) is 13.6. The first-order chi connectivity index (χ1) is 24.9. The zero-order chi connectivity index (χ0) is 34.5. The van der Waals surface area contributed by atoms with Crippen LogP contribution in [0.1, 0.15) is 26.3 Å². The van der Waals surface area contributed by atoms with E-state index in [0.29, 0.717) is 11.5 Å². The molecule has 9 rings (SSSR count). The second kappa shape index (κ2) is 13.4. The minimum absolute atomic E-state index is 0. The fourth-order valence-corrected chi connectivity index (χ4v) is 6.62. The van der Waals surface area contributed by atoms with Crippen molar-refractivity contribution in [2.75, 3.05) is 9.80 Å². The van der Waals surface area contributed by atoms with Crippen LogP contribution in [0.4, 0.5) is 23.0 Å². The third kappa shape index (κ3) is 6.01. The summed E-state index contributed by atoms with van der Waals surface area (Å²) < 4.78 is 8.64. The Morgan fingerprint density at radius 2 is 1.46 bits per heavy atom. The molecule has 1 aliphatic rings. The zero-order valence-corrected chi connectivity index (χ0v) is 31.0. The molecule has 1 aliphatic heterocycles. The van der Waals surface area contributed by atoms with Gasteiger partial charge in [-0.25, -0.2) is 15.0 Å². The summed E-state index contributed by atoms with van der Waals surface area (Å²) in [6.07, 6.45) is 5.59. The molecule has 5 heterocycles. The molecule has 0 fully saturated rings. The zero-order valence-electron chi connectivity index (χ0n) is 28.8. The third-order valence-electron chi connectivity index (χ3n) is 9.22. The van der Waals surface area contributed by atoms with Gasteiger partial charge in [0.2, 0.25) is 0 Å². The quantitative estimate of drug-likeness (QED) is 0.155. The van der Waals surface area contributed by atoms with Crippen molar-refractivity contribution in [3.05, 3.63) is 164 Å². The largest absolute Gasteiger partial charge is 0.509 e. The average Bonchev–Trinajstić information content (AvgIpc) is 3.71. The van der Waals surface area contributed by atoms with E-state index in [-0.39, 0.29) is 26.5 Å². The smallest absolute Gasteiger partial charge is 0.135 e. The minimum Gasteiger partial charge on any atom is -0.509 e. The predicted octanol–water partition coefficient (Wildman–Crippen LogP) is 10.7. The fraction of sp³-hybridized carbons (Fsp3) is 0.0909. The van der Waals surface area contributed by atoms with E-state index in [2.05, 4.69) is 98.1 Å². The second-order valence-corrected chi connectivity index (χ2v) is 13.6. The van der Waals surface area contributed by atoms with Crippen LogP contribution in [0.3, 0.4) is 0 Å². The minimum atomic E-state index is -0.0152. The number of para-hydroxylation sites is 1. The van der Waals surface area contributed by atoms with Gasteiger partial charge in [-0.15, -0.1) is 42.4 Å². The van der Waals surface area contributed by atoms with Gasteiger partial charge in [-0.2, -0.15) is 12.1 Å². The molecule has 0 atom stereocenters. The normalized spacial score (nSPS) is 12.6. The van der Waals surface area contributed by atoms with Gasteiger partial charge in [-0.05, 0) is 64.4 Å². The molecule has 8 heteroatoms. The van der Waals surface area contributed by atoms with Gasteiger partial charge in [0, 0.05) is 62.2 Å². The van der Waals surface area contributed by atoms with Crippen LogP contribution in [-0.2, 0) is 26.5 Å². The van der Waals surface area contributed by atoms with E-state index in [9.17, 15) is 0 Å². The van der Waals surface area contributed by atoms with Crippen LogP contribution in [0, 0.1) is 18.8 Å². The molecular weight excluding hydrogens is 824 g/mol. The van der Waals surface area contributed by atoms with E-state index < -0.39 is 0 Å². The maximum atomic E-state index is 6.47. The van der Waals surface area contributed by atoms with Crippen LogP contribution >= 0.6 is 0 Å². The van der Waals surface area contributed by atoms with Gasteiger partial charge < -0.3 is 19.1 Å². The van der Waals surface area contributed by atoms with Crippen molar-refractivity contribution in [3.63, 3.8) is 0 Å². The van der Waals surface area contributed by atoms with Crippen molar-refractivity contribution >= 4 is 44.8 Å². The van der Waals surface area contributed by atoms with Gasteiger partial charge in [0.25, 0.3) is 0 Å². The van der Waals surface area contributed by atoms with Crippen molar-refractivity contribution in [1.29, 1.82) is 0 Å². The van der Waals surface area contributed by atoms with Crippen molar-refractivity contribution in [3.8, 4) is 28.4 Å². The standard InChI is InChI=1S/C44H33N6O.Pt/c1-44(2,3)32-22-24-45-42(25-32)50-38-16-8-7-15-36(38)37-20-19-35(27-40(37)50)51-34-14-9-13-33(26-34)48-29-49(39-17-10-23-46-43(39)48)41-21-18-31(28-47-41)30-11-5-4-6-12-30;/h4-25,28-29H,1-3H3;/q-3;. The summed E-state index contributed by atoms with van der Waals surface area (Å²) >= 11 is 0. The summed E-state index contributed by atoms with van der Waals surface area (Å²) in [5.41, 5.74) is 7.06. The number of nitrogens with zero attached hydrogens (tertiary/aromatic N) is 6. The van der Waals surface area contributed by atoms with Crippen LogP contribution in [-0.4, -0.2) is 19.5 Å². The first-order valence-electron chi connectivity index (χ1n) is 16.9. The molecule has 258 valence electrons. The number of fused-ring (bicyclic) bond motifs is 4. The molecule has 52 heavy (non-hydrogen) atoms. The van der Waals surface area contributed by atoms with E-state index in [1.165, 1.54) is 5.56 Å². The Balaban J connectivity index is 0.00000387. The van der Waals surface area contributed by atoms with Crippen molar-refractivity contribution in [1.82, 2.24) is 19.5 Å². The summed E-state index contributed by atoms with van der Waals surface area (Å²) in [4.78, 5) is 18.4. The van der Waals surface area contributed by atoms with Crippen LogP contribution in [0.2, 0.25) is 0 Å². The first kappa shape index (κ1) is 33.4. The van der Waals surface area contributed by atoms with Gasteiger partial charge in [0.05, 0.1) is 5.69 Å². The topological polar surface area (TPSA) is 59.3 Å². The summed E-state index contributed by atoms with van der Waals surface area (Å²) in [7, 11) is 0. The number of anilines is 4. The molecule has 0 bridgehead atoms. The molecule has 8 aromatic rings. The van der Waals surface area contributed by atoms with Gasteiger partial charge in [-0.1, -0.05) is 80.5 Å². The van der Waals surface area contributed by atoms with Gasteiger partial charge in [0.1, 0.15) is 17.5 Å². The summed E-state index contributed by atoms with van der Waals surface area (Å²) in [5.74, 6) is 3.57. The first-order valence-corrected chi connectivity index (χ1v) is 16.9. The van der Waals surface area contributed by atoms with Crippen LogP contribution < -0.4 is 14.5 Å². The van der Waals surface area contributed by atoms with E-state index >= 15 is 0 Å². The Bertz CT molecular complexity index is 2540. The van der Waals surface area contributed by atoms with Gasteiger partial charge >= 0.3 is 0 Å². The molecule has 0 spiro atoms. The number of rotatable bonds is 6. The Labute approximate surface area is 317 Å². The molecule has 0 aliphatic carbocycles. The number of pyridine rings is 3. The van der Waals surface area contributed by atoms with E-state index in [1.807, 2.05) is 89.5 Å². The Kier molecular flexibility index (Phi) is 8.60. The maximum Gasteiger partial charge on any atom is 0.135 e. The van der Waals surface area contributed by atoms with Gasteiger partial charge in [0.15, 0.2) is 0 Å². The molecular formula is C44H33N6OPt-3. The van der Waals surface area contributed by atoms with Crippen molar-refractivity contribution in [2.45, 2.75) is 26.2 Å². The summed E-state index contributed by atoms with van der Waals surface area (Å²) in [5, 5.41) is 2.22. The molecule has 0 amide bonds. The molecule has 4 aromatic carbocycles. The van der Waals surface area contributed by atoms with Gasteiger partial charge in [-0.3, -0.25) is 0 Å². The Hall–Kier alpha value is -5.78. The number of aromatic nitrogens is 4. The number of hydrogen-bond donors (Lipinski definition) is 0. The third-order valence-corrected chi connectivity index (χ3v) is 9.22. The van der Waals surface area contributed by atoms with E-state index in [1.54, 1.807) is 6.20 Å². The Morgan fingerprint density at radius 1 is 0.635 bits per heavy atom. The monoisotopic (exact) mass is 856 g/mol. The number of hydrogen-bond acceptors (Lipinski definition) is 6. The molecule has 0 N–H and O–H groups in total. The molecule has 4 aromatic heterocycles. The maximum absolute atomic E-state index is 6.47. The Morgan fingerprint density at radius 3 is 2.29 bits per heavy atom. The van der Waals surface area contributed by atoms with Crippen molar-refractivity contribution in [2.24, 2.45) is 0 Å². The summed E-state index contributed by atoms with van der Waals surface area (Å²) in [6.45, 7) is 8.64. The number of ether oxygens (including phenoxy) is 1. The predicted molar refractivity (Wildman–Crippen MR) is 204 cm³/mol. The van der Waals surface area contributed by atoms with E-state index in [0.717, 1.165) is 61.8 Å². The SMILES string of the molecule is CC(C)(C)c1ccnc(-n2c3[c-]c(Oc4[c-]c(N5[CH-]N(c6ccc(-c7ccccc7)cn6)c6cccnc65)ccc4)ccc3c3ccccc32)c1.[Pt]. The van der Waals surface area contributed by atoms with Crippen LogP contribution in [0.25, 0.3) is 38.8 Å². The molecule has 0 saturated heterocycles. The van der Waals surface area contributed by atoms with Crippen LogP contribution in [0.15, 0.2) is 140 Å². The summed E-state index contributed by atoms with van der Waals surface area (Å²) in [6, 6.07) is 48.0. The van der Waals surface area contributed by atoms with Crippen LogP contribution in [0.5, 0.6) is 11.5 Å². The molecule has 0 unspecified atom stereocenters. The average molecular weight is 857 g/mol. The molecule has 0 saturated carbocycles. The molecule has 7 nitrogen and oxygen atoms in total. The number of benzene rings is 4.